The van der Waals surface area contributed by atoms with Crippen LogP contribution in [0.5, 0.6) is 0 Å². The summed E-state index contributed by atoms with van der Waals surface area (Å²) in [5, 5.41) is 15.6. The van der Waals surface area contributed by atoms with Crippen LogP contribution in [0.2, 0.25) is 0 Å². The van der Waals surface area contributed by atoms with Gasteiger partial charge in [-0.2, -0.15) is 9.50 Å². The van der Waals surface area contributed by atoms with E-state index in [2.05, 4.69) is 30.9 Å². The van der Waals surface area contributed by atoms with E-state index in [4.69, 9.17) is 9.51 Å². The SMILES string of the molecule is CN(C)Cc1noc(-c2nc3c4ccccc4nc(N[C@@H]4CCCCNC4=O)n3n2)n1. The van der Waals surface area contributed by atoms with Gasteiger partial charge in [0, 0.05) is 11.9 Å². The van der Waals surface area contributed by atoms with E-state index in [-0.39, 0.29) is 17.8 Å². The van der Waals surface area contributed by atoms with Crippen molar-refractivity contribution < 1.29 is 9.32 Å². The number of para-hydroxylation sites is 1. The molecule has 11 heteroatoms. The van der Waals surface area contributed by atoms with Gasteiger partial charge in [0.2, 0.25) is 17.7 Å². The number of hydrogen-bond acceptors (Lipinski definition) is 9. The van der Waals surface area contributed by atoms with Gasteiger partial charge in [-0.3, -0.25) is 4.79 Å². The predicted molar refractivity (Wildman–Crippen MR) is 113 cm³/mol. The van der Waals surface area contributed by atoms with E-state index in [1.54, 1.807) is 4.52 Å². The van der Waals surface area contributed by atoms with E-state index in [9.17, 15) is 4.79 Å². The van der Waals surface area contributed by atoms with Gasteiger partial charge in [0.1, 0.15) is 6.04 Å². The van der Waals surface area contributed by atoms with Crippen molar-refractivity contribution in [1.29, 1.82) is 0 Å². The van der Waals surface area contributed by atoms with Gasteiger partial charge in [-0.15, -0.1) is 5.10 Å². The molecule has 1 aliphatic rings. The number of rotatable bonds is 5. The van der Waals surface area contributed by atoms with Crippen LogP contribution < -0.4 is 10.6 Å². The molecule has 1 fully saturated rings. The van der Waals surface area contributed by atoms with E-state index in [0.717, 1.165) is 30.2 Å². The van der Waals surface area contributed by atoms with Crippen molar-refractivity contribution in [2.45, 2.75) is 31.8 Å². The van der Waals surface area contributed by atoms with Gasteiger partial charge >= 0.3 is 0 Å². The zero-order valence-electron chi connectivity index (χ0n) is 17.4. The molecule has 1 aromatic carbocycles. The summed E-state index contributed by atoms with van der Waals surface area (Å²) in [6.07, 6.45) is 2.64. The second-order valence-electron chi connectivity index (χ2n) is 7.86. The first-order chi connectivity index (χ1) is 15.1. The highest BCUT2D eigenvalue weighted by molar-refractivity contribution is 5.93. The molecular formula is C20H23N9O2. The number of fused-ring (bicyclic) bond motifs is 3. The minimum absolute atomic E-state index is 0.0359. The number of nitrogens with zero attached hydrogens (tertiary/aromatic N) is 7. The first-order valence-corrected chi connectivity index (χ1v) is 10.3. The summed E-state index contributed by atoms with van der Waals surface area (Å²) < 4.78 is 6.99. The molecule has 160 valence electrons. The van der Waals surface area contributed by atoms with Crippen LogP contribution in [0, 0.1) is 0 Å². The molecule has 0 bridgehead atoms. The number of carbonyl (C=O) groups is 1. The van der Waals surface area contributed by atoms with E-state index >= 15 is 0 Å². The van der Waals surface area contributed by atoms with Crippen molar-refractivity contribution in [3.05, 3.63) is 30.1 Å². The summed E-state index contributed by atoms with van der Waals surface area (Å²) in [5.41, 5.74) is 1.36. The molecule has 5 rings (SSSR count). The Bertz CT molecular complexity index is 1250. The first kappa shape index (κ1) is 19.4. The van der Waals surface area contributed by atoms with Gasteiger partial charge in [-0.1, -0.05) is 17.3 Å². The average Bonchev–Trinajstić information content (AvgIpc) is 3.34. The molecule has 0 aliphatic carbocycles. The monoisotopic (exact) mass is 421 g/mol. The van der Waals surface area contributed by atoms with Gasteiger partial charge in [0.15, 0.2) is 11.5 Å². The maximum Gasteiger partial charge on any atom is 0.297 e. The van der Waals surface area contributed by atoms with Gasteiger partial charge in [0.05, 0.1) is 12.1 Å². The Morgan fingerprint density at radius 2 is 2.10 bits per heavy atom. The van der Waals surface area contributed by atoms with Crippen LogP contribution in [0.1, 0.15) is 25.1 Å². The lowest BCUT2D eigenvalue weighted by atomic mass is 10.1. The molecular weight excluding hydrogens is 398 g/mol. The molecule has 1 atom stereocenters. The lowest BCUT2D eigenvalue weighted by Crippen LogP contribution is -2.38. The summed E-state index contributed by atoms with van der Waals surface area (Å²) in [4.78, 5) is 28.2. The van der Waals surface area contributed by atoms with Crippen LogP contribution in [0.25, 0.3) is 28.3 Å². The number of benzene rings is 1. The normalized spacial score (nSPS) is 17.3. The van der Waals surface area contributed by atoms with Crippen LogP contribution in [0.15, 0.2) is 28.8 Å². The highest BCUT2D eigenvalue weighted by atomic mass is 16.5. The maximum atomic E-state index is 12.5. The molecule has 0 spiro atoms. The molecule has 31 heavy (non-hydrogen) atoms. The van der Waals surface area contributed by atoms with Crippen LogP contribution in [-0.4, -0.2) is 67.2 Å². The molecule has 1 saturated heterocycles. The van der Waals surface area contributed by atoms with Crippen molar-refractivity contribution in [2.24, 2.45) is 0 Å². The number of hydrogen-bond donors (Lipinski definition) is 2. The minimum atomic E-state index is -0.387. The summed E-state index contributed by atoms with van der Waals surface area (Å²) in [5.74, 6) is 1.51. The lowest BCUT2D eigenvalue weighted by Gasteiger charge is -2.16. The zero-order chi connectivity index (χ0) is 21.4. The van der Waals surface area contributed by atoms with Crippen LogP contribution in [-0.2, 0) is 11.3 Å². The molecule has 4 aromatic rings. The number of anilines is 1. The molecule has 11 nitrogen and oxygen atoms in total. The second kappa shape index (κ2) is 7.91. The van der Waals surface area contributed by atoms with Crippen molar-refractivity contribution in [3.8, 4) is 11.7 Å². The third-order valence-electron chi connectivity index (χ3n) is 5.13. The average molecular weight is 421 g/mol. The minimum Gasteiger partial charge on any atom is -0.354 e. The molecule has 0 radical (unpaired) electrons. The van der Waals surface area contributed by atoms with Gasteiger partial charge in [0.25, 0.3) is 5.89 Å². The van der Waals surface area contributed by atoms with Gasteiger partial charge < -0.3 is 20.1 Å². The van der Waals surface area contributed by atoms with Crippen LogP contribution in [0.4, 0.5) is 5.95 Å². The molecule has 0 saturated carbocycles. The van der Waals surface area contributed by atoms with Crippen LogP contribution >= 0.6 is 0 Å². The summed E-state index contributed by atoms with van der Waals surface area (Å²) in [6.45, 7) is 1.24. The molecule has 1 aliphatic heterocycles. The molecule has 2 N–H and O–H groups in total. The molecule has 3 aromatic heterocycles. The quantitative estimate of drug-likeness (QED) is 0.492. The molecule has 1 amide bonds. The first-order valence-electron chi connectivity index (χ1n) is 10.3. The Hall–Kier alpha value is -3.60. The van der Waals surface area contributed by atoms with Crippen molar-refractivity contribution >= 4 is 28.4 Å². The van der Waals surface area contributed by atoms with Gasteiger partial charge in [-0.05, 0) is 45.5 Å². The van der Waals surface area contributed by atoms with Gasteiger partial charge in [-0.25, -0.2) is 9.97 Å². The molecule has 4 heterocycles. The van der Waals surface area contributed by atoms with Crippen molar-refractivity contribution in [1.82, 2.24) is 39.9 Å². The summed E-state index contributed by atoms with van der Waals surface area (Å²) in [7, 11) is 3.86. The standard InChI is InChI=1S/C20H23N9O2/c1-28(2)11-15-24-19(31-27-15)16-25-17-12-7-3-4-8-13(12)22-20(29(17)26-16)23-14-9-5-6-10-21-18(14)30/h3-4,7-8,14H,5-6,9-11H2,1-2H3,(H,21,30)(H,22,23)/t14-/m1/s1. The Morgan fingerprint density at radius 3 is 2.97 bits per heavy atom. The zero-order valence-corrected chi connectivity index (χ0v) is 17.4. The number of nitrogens with one attached hydrogen (secondary N) is 2. The third-order valence-corrected chi connectivity index (χ3v) is 5.13. The largest absolute Gasteiger partial charge is 0.354 e. The summed E-state index contributed by atoms with van der Waals surface area (Å²) >= 11 is 0. The highest BCUT2D eigenvalue weighted by Gasteiger charge is 2.24. The van der Waals surface area contributed by atoms with E-state index in [1.807, 2.05) is 43.3 Å². The Kier molecular flexibility index (Phi) is 4.94. The number of carbonyl (C=O) groups excluding carboxylic acids is 1. The Morgan fingerprint density at radius 1 is 1.23 bits per heavy atom. The third kappa shape index (κ3) is 3.79. The second-order valence-corrected chi connectivity index (χ2v) is 7.86. The maximum absolute atomic E-state index is 12.5. The lowest BCUT2D eigenvalue weighted by molar-refractivity contribution is -0.121. The van der Waals surface area contributed by atoms with Crippen LogP contribution in [0.3, 0.4) is 0 Å². The van der Waals surface area contributed by atoms with Crippen molar-refractivity contribution in [3.63, 3.8) is 0 Å². The van der Waals surface area contributed by atoms with E-state index < -0.39 is 0 Å². The fourth-order valence-corrected chi connectivity index (χ4v) is 3.66. The fraction of sp³-hybridized carbons (Fsp3) is 0.400. The highest BCUT2D eigenvalue weighted by Crippen LogP contribution is 2.24. The van der Waals surface area contributed by atoms with E-state index in [0.29, 0.717) is 36.3 Å². The Labute approximate surface area is 177 Å². The predicted octanol–water partition coefficient (Wildman–Crippen LogP) is 1.47. The van der Waals surface area contributed by atoms with E-state index in [1.165, 1.54) is 0 Å². The topological polar surface area (TPSA) is 126 Å². The van der Waals surface area contributed by atoms with Crippen molar-refractivity contribution in [2.75, 3.05) is 26.0 Å². The molecule has 0 unspecified atom stereocenters. The Balaban J connectivity index is 1.59. The fourth-order valence-electron chi connectivity index (χ4n) is 3.66. The summed E-state index contributed by atoms with van der Waals surface area (Å²) in [6, 6.07) is 7.29. The number of amides is 1. The smallest absolute Gasteiger partial charge is 0.297 e. The number of aromatic nitrogens is 6.